The van der Waals surface area contributed by atoms with Crippen molar-refractivity contribution in [3.8, 4) is 0 Å². The van der Waals surface area contributed by atoms with Crippen LogP contribution >= 0.6 is 0 Å². The van der Waals surface area contributed by atoms with E-state index in [4.69, 9.17) is 4.74 Å². The number of carbonyl (C=O) groups excluding carboxylic acids is 2. The lowest BCUT2D eigenvalue weighted by molar-refractivity contribution is -0.138. The summed E-state index contributed by atoms with van der Waals surface area (Å²) in [5.74, 6) is -0.228. The fourth-order valence-corrected chi connectivity index (χ4v) is 2.00. The zero-order valence-corrected chi connectivity index (χ0v) is 11.6. The van der Waals surface area contributed by atoms with Gasteiger partial charge in [0.2, 0.25) is 0 Å². The molecule has 18 heavy (non-hydrogen) atoms. The van der Waals surface area contributed by atoms with Crippen molar-refractivity contribution < 1.29 is 14.3 Å². The molecule has 0 fully saturated rings. The fourth-order valence-electron chi connectivity index (χ4n) is 2.00. The Morgan fingerprint density at radius 3 is 2.33 bits per heavy atom. The monoisotopic (exact) mass is 251 g/mol. The van der Waals surface area contributed by atoms with Crippen LogP contribution in [-0.2, 0) is 14.3 Å². The van der Waals surface area contributed by atoms with E-state index in [0.29, 0.717) is 30.6 Å². The highest BCUT2D eigenvalue weighted by Crippen LogP contribution is 2.25. The molecule has 1 rings (SSSR count). The first kappa shape index (κ1) is 14.5. The maximum absolute atomic E-state index is 12.0. The van der Waals surface area contributed by atoms with Crippen molar-refractivity contribution in [2.45, 2.75) is 47.0 Å². The summed E-state index contributed by atoms with van der Waals surface area (Å²) >= 11 is 0. The molecule has 0 unspecified atom stereocenters. The molecule has 0 bridgehead atoms. The molecule has 0 amide bonds. The first-order valence-corrected chi connectivity index (χ1v) is 6.38. The van der Waals surface area contributed by atoms with Crippen molar-refractivity contribution in [3.63, 3.8) is 0 Å². The van der Waals surface area contributed by atoms with E-state index in [1.165, 1.54) is 0 Å². The van der Waals surface area contributed by atoms with Crippen molar-refractivity contribution in [2.24, 2.45) is 0 Å². The van der Waals surface area contributed by atoms with Crippen molar-refractivity contribution >= 4 is 11.8 Å². The summed E-state index contributed by atoms with van der Waals surface area (Å²) in [7, 11) is 0. The predicted molar refractivity (Wildman–Crippen MR) is 69.7 cm³/mol. The fraction of sp³-hybridized carbons (Fsp3) is 0.571. The van der Waals surface area contributed by atoms with Gasteiger partial charge in [0.1, 0.15) is 0 Å². The molecule has 0 saturated heterocycles. The van der Waals surface area contributed by atoms with Crippen molar-refractivity contribution in [1.29, 1.82) is 0 Å². The van der Waals surface area contributed by atoms with Crippen molar-refractivity contribution in [2.75, 3.05) is 6.61 Å². The number of esters is 1. The van der Waals surface area contributed by atoms with Gasteiger partial charge in [0.25, 0.3) is 0 Å². The van der Waals surface area contributed by atoms with Crippen LogP contribution in [0.15, 0.2) is 22.5 Å². The Labute approximate surface area is 108 Å². The minimum Gasteiger partial charge on any atom is -0.463 e. The largest absolute Gasteiger partial charge is 0.463 e. The second-order valence-corrected chi connectivity index (χ2v) is 4.40. The highest BCUT2D eigenvalue weighted by molar-refractivity contribution is 6.00. The molecule has 0 aromatic carbocycles. The van der Waals surface area contributed by atoms with Gasteiger partial charge >= 0.3 is 5.97 Å². The summed E-state index contributed by atoms with van der Waals surface area (Å²) in [6, 6.07) is 0. The average molecular weight is 251 g/mol. The molecular formula is C14H21NO3. The van der Waals surface area contributed by atoms with E-state index >= 15 is 0 Å². The third-order valence-electron chi connectivity index (χ3n) is 2.97. The van der Waals surface area contributed by atoms with Crippen LogP contribution in [0.5, 0.6) is 0 Å². The van der Waals surface area contributed by atoms with Gasteiger partial charge in [0.15, 0.2) is 5.78 Å². The average Bonchev–Trinajstić information content (AvgIpc) is 2.29. The summed E-state index contributed by atoms with van der Waals surface area (Å²) in [6.07, 6.45) is 1.71. The molecule has 0 atom stereocenters. The summed E-state index contributed by atoms with van der Waals surface area (Å²) in [5, 5.41) is 3.10. The van der Waals surface area contributed by atoms with Crippen LogP contribution in [0.1, 0.15) is 47.0 Å². The van der Waals surface area contributed by atoms with Crippen LogP contribution < -0.4 is 5.32 Å². The van der Waals surface area contributed by atoms with E-state index in [1.807, 2.05) is 20.8 Å². The smallest absolute Gasteiger partial charge is 0.336 e. The lowest BCUT2D eigenvalue weighted by Gasteiger charge is -2.22. The topological polar surface area (TPSA) is 55.4 Å². The molecule has 0 radical (unpaired) electrons. The zero-order valence-electron chi connectivity index (χ0n) is 11.6. The van der Waals surface area contributed by atoms with Gasteiger partial charge in [0.05, 0.1) is 12.2 Å². The van der Waals surface area contributed by atoms with Crippen molar-refractivity contribution in [3.05, 3.63) is 22.5 Å². The lowest BCUT2D eigenvalue weighted by Crippen LogP contribution is -2.25. The van der Waals surface area contributed by atoms with E-state index in [1.54, 1.807) is 6.92 Å². The maximum Gasteiger partial charge on any atom is 0.336 e. The zero-order chi connectivity index (χ0) is 13.7. The van der Waals surface area contributed by atoms with Crippen molar-refractivity contribution in [1.82, 2.24) is 5.32 Å². The second-order valence-electron chi connectivity index (χ2n) is 4.40. The summed E-state index contributed by atoms with van der Waals surface area (Å²) < 4.78 is 5.00. The Balaban J connectivity index is 2.89. The molecule has 100 valence electrons. The van der Waals surface area contributed by atoms with Gasteiger partial charge < -0.3 is 10.1 Å². The minimum absolute atomic E-state index is 0.108. The number of dihydropyridines is 1. The third-order valence-corrected chi connectivity index (χ3v) is 2.97. The van der Waals surface area contributed by atoms with Crippen LogP contribution in [0.2, 0.25) is 0 Å². The van der Waals surface area contributed by atoms with Gasteiger partial charge in [-0.15, -0.1) is 0 Å². The second kappa shape index (κ2) is 6.38. The summed E-state index contributed by atoms with van der Waals surface area (Å²) in [6.45, 7) is 7.79. The predicted octanol–water partition coefficient (Wildman–Crippen LogP) is 2.46. The first-order valence-electron chi connectivity index (χ1n) is 6.38. The molecule has 0 aromatic heterocycles. The Kier molecular flexibility index (Phi) is 5.13. The van der Waals surface area contributed by atoms with Gasteiger partial charge in [-0.2, -0.15) is 0 Å². The first-order chi connectivity index (χ1) is 8.51. The number of allylic oxidation sites excluding steroid dienone is 3. The molecule has 1 N–H and O–H groups in total. The number of ketones is 1. The van der Waals surface area contributed by atoms with E-state index in [-0.39, 0.29) is 11.8 Å². The van der Waals surface area contributed by atoms with Crippen LogP contribution in [0.25, 0.3) is 0 Å². The molecule has 1 heterocycles. The SMILES string of the molecule is CCCC(=O)C1=C(C)NC(C)=C(C(=O)OCC)C1. The minimum atomic E-state index is -0.336. The van der Waals surface area contributed by atoms with Gasteiger partial charge in [-0.25, -0.2) is 4.79 Å². The number of Topliss-reactive ketones (excluding diaryl/α,β-unsaturated/α-hetero) is 1. The Morgan fingerprint density at radius 1 is 1.17 bits per heavy atom. The normalized spacial score (nSPS) is 15.6. The Hall–Kier alpha value is -1.58. The molecule has 1 aliphatic rings. The Bertz CT molecular complexity index is 381. The summed E-state index contributed by atoms with van der Waals surface area (Å²) in [4.78, 5) is 23.8. The standard InChI is InChI=1S/C14H21NO3/c1-5-7-13(16)11-8-12(14(17)18-6-2)10(4)15-9(11)3/h15H,5-8H2,1-4H3. The lowest BCUT2D eigenvalue weighted by atomic mass is 9.93. The van der Waals surface area contributed by atoms with Crippen LogP contribution in [0.3, 0.4) is 0 Å². The number of carbonyl (C=O) groups is 2. The molecule has 0 aromatic rings. The van der Waals surface area contributed by atoms with E-state index in [9.17, 15) is 9.59 Å². The number of ether oxygens (including phenoxy) is 1. The molecule has 4 nitrogen and oxygen atoms in total. The quantitative estimate of drug-likeness (QED) is 0.763. The van der Waals surface area contributed by atoms with E-state index in [0.717, 1.165) is 17.8 Å². The number of rotatable bonds is 5. The van der Waals surface area contributed by atoms with Crippen LogP contribution in [-0.4, -0.2) is 18.4 Å². The van der Waals surface area contributed by atoms with Gasteiger partial charge in [-0.05, 0) is 27.2 Å². The Morgan fingerprint density at radius 2 is 1.78 bits per heavy atom. The number of hydrogen-bond donors (Lipinski definition) is 1. The highest BCUT2D eigenvalue weighted by atomic mass is 16.5. The molecule has 1 aliphatic heterocycles. The van der Waals surface area contributed by atoms with Gasteiger partial charge in [-0.1, -0.05) is 6.92 Å². The van der Waals surface area contributed by atoms with E-state index in [2.05, 4.69) is 5.32 Å². The van der Waals surface area contributed by atoms with Crippen LogP contribution in [0, 0.1) is 0 Å². The molecule has 0 spiro atoms. The van der Waals surface area contributed by atoms with Gasteiger partial charge in [0, 0.05) is 29.8 Å². The number of hydrogen-bond acceptors (Lipinski definition) is 4. The molecule has 0 aliphatic carbocycles. The molecular weight excluding hydrogens is 230 g/mol. The number of nitrogens with one attached hydrogen (secondary N) is 1. The van der Waals surface area contributed by atoms with E-state index < -0.39 is 0 Å². The maximum atomic E-state index is 12.0. The highest BCUT2D eigenvalue weighted by Gasteiger charge is 2.25. The molecule has 0 saturated carbocycles. The van der Waals surface area contributed by atoms with Crippen LogP contribution in [0.4, 0.5) is 0 Å². The third kappa shape index (κ3) is 3.22. The van der Waals surface area contributed by atoms with Gasteiger partial charge in [-0.3, -0.25) is 4.79 Å². The summed E-state index contributed by atoms with van der Waals surface area (Å²) in [5.41, 5.74) is 2.88. The molecule has 4 heteroatoms.